The van der Waals surface area contributed by atoms with Crippen molar-refractivity contribution in [2.45, 2.75) is 12.5 Å². The first-order valence-electron chi connectivity index (χ1n) is 5.84. The highest BCUT2D eigenvalue weighted by Crippen LogP contribution is 2.08. The molecule has 1 amide bonds. The maximum atomic E-state index is 11.7. The van der Waals surface area contributed by atoms with Gasteiger partial charge >= 0.3 is 0 Å². The minimum absolute atomic E-state index is 0.116. The van der Waals surface area contributed by atoms with Gasteiger partial charge in [-0.1, -0.05) is 30.3 Å². The molecule has 0 saturated carbocycles. The Morgan fingerprint density at radius 1 is 1.35 bits per heavy atom. The molecule has 4 heteroatoms. The number of rotatable bonds is 6. The second-order valence-corrected chi connectivity index (χ2v) is 4.34. The summed E-state index contributed by atoms with van der Waals surface area (Å²) in [6, 6.07) is 8.83. The van der Waals surface area contributed by atoms with Crippen molar-refractivity contribution in [3.63, 3.8) is 0 Å². The topological polar surface area (TPSA) is 58.4 Å². The first-order chi connectivity index (χ1) is 8.11. The smallest absolute Gasteiger partial charge is 0.241 e. The predicted molar refractivity (Wildman–Crippen MR) is 69.6 cm³/mol. The van der Waals surface area contributed by atoms with E-state index in [1.165, 1.54) is 0 Å². The van der Waals surface area contributed by atoms with Crippen LogP contribution in [0.4, 0.5) is 0 Å². The normalized spacial score (nSPS) is 12.5. The lowest BCUT2D eigenvalue weighted by Gasteiger charge is -2.13. The van der Waals surface area contributed by atoms with Crippen LogP contribution in [0.2, 0.25) is 0 Å². The molecule has 1 rings (SSSR count). The van der Waals surface area contributed by atoms with Gasteiger partial charge in [0.25, 0.3) is 0 Å². The second-order valence-electron chi connectivity index (χ2n) is 4.34. The van der Waals surface area contributed by atoms with E-state index >= 15 is 0 Å². The molecule has 3 N–H and O–H groups in total. The predicted octanol–water partition coefficient (Wildman–Crippen LogP) is 0.754. The molecule has 0 aromatic heterocycles. The molecule has 1 atom stereocenters. The van der Waals surface area contributed by atoms with Gasteiger partial charge in [-0.2, -0.15) is 0 Å². The van der Waals surface area contributed by atoms with E-state index in [-0.39, 0.29) is 5.91 Å². The molecule has 1 unspecified atom stereocenters. The van der Waals surface area contributed by atoms with E-state index in [0.29, 0.717) is 6.54 Å². The number of hydrogen-bond acceptors (Lipinski definition) is 3. The molecule has 0 heterocycles. The van der Waals surface area contributed by atoms with Crippen molar-refractivity contribution in [1.29, 1.82) is 0 Å². The Balaban J connectivity index is 2.33. The van der Waals surface area contributed by atoms with Crippen LogP contribution in [0, 0.1) is 0 Å². The van der Waals surface area contributed by atoms with Crippen LogP contribution in [0.15, 0.2) is 30.3 Å². The molecular formula is C13H21N3O. The maximum absolute atomic E-state index is 11.7. The summed E-state index contributed by atoms with van der Waals surface area (Å²) in [6.45, 7) is 1.62. The van der Waals surface area contributed by atoms with Crippen molar-refractivity contribution in [3.05, 3.63) is 35.9 Å². The lowest BCUT2D eigenvalue weighted by molar-refractivity contribution is -0.122. The standard InChI is InChI=1S/C13H21N3O/c1-16(2)10-6-9-15-13(17)12(14)11-7-4-3-5-8-11/h3-5,7-8,12H,6,9-10,14H2,1-2H3,(H,15,17). The minimum atomic E-state index is -0.574. The van der Waals surface area contributed by atoms with Crippen LogP contribution in [0.3, 0.4) is 0 Å². The number of carbonyl (C=O) groups is 1. The maximum Gasteiger partial charge on any atom is 0.241 e. The monoisotopic (exact) mass is 235 g/mol. The van der Waals surface area contributed by atoms with Gasteiger partial charge in [0.2, 0.25) is 5.91 Å². The Morgan fingerprint density at radius 3 is 2.59 bits per heavy atom. The zero-order chi connectivity index (χ0) is 12.7. The Morgan fingerprint density at radius 2 is 2.00 bits per heavy atom. The van der Waals surface area contributed by atoms with E-state index in [9.17, 15) is 4.79 Å². The highest BCUT2D eigenvalue weighted by Gasteiger charge is 2.14. The van der Waals surface area contributed by atoms with Crippen LogP contribution in [-0.4, -0.2) is 38.0 Å². The zero-order valence-electron chi connectivity index (χ0n) is 10.5. The number of nitrogens with two attached hydrogens (primary N) is 1. The number of nitrogens with one attached hydrogen (secondary N) is 1. The number of benzene rings is 1. The third kappa shape index (κ3) is 4.97. The fourth-order valence-electron chi connectivity index (χ4n) is 1.53. The summed E-state index contributed by atoms with van der Waals surface area (Å²) < 4.78 is 0. The van der Waals surface area contributed by atoms with Crippen molar-refractivity contribution in [2.75, 3.05) is 27.2 Å². The Kier molecular flexibility index (Phi) is 5.66. The fraction of sp³-hybridized carbons (Fsp3) is 0.462. The summed E-state index contributed by atoms with van der Waals surface area (Å²) in [5.41, 5.74) is 6.70. The molecule has 0 saturated heterocycles. The third-order valence-corrected chi connectivity index (χ3v) is 2.52. The summed E-state index contributed by atoms with van der Waals surface area (Å²) >= 11 is 0. The van der Waals surface area contributed by atoms with Crippen LogP contribution in [0.1, 0.15) is 18.0 Å². The third-order valence-electron chi connectivity index (χ3n) is 2.52. The molecule has 0 fully saturated rings. The minimum Gasteiger partial charge on any atom is -0.354 e. The second kappa shape index (κ2) is 7.04. The van der Waals surface area contributed by atoms with E-state index in [2.05, 4.69) is 10.2 Å². The van der Waals surface area contributed by atoms with Gasteiger partial charge in [0.05, 0.1) is 0 Å². The highest BCUT2D eigenvalue weighted by atomic mass is 16.2. The van der Waals surface area contributed by atoms with Gasteiger partial charge in [0.15, 0.2) is 0 Å². The van der Waals surface area contributed by atoms with Crippen LogP contribution < -0.4 is 11.1 Å². The largest absolute Gasteiger partial charge is 0.354 e. The summed E-state index contributed by atoms with van der Waals surface area (Å²) in [5.74, 6) is -0.116. The summed E-state index contributed by atoms with van der Waals surface area (Å²) in [4.78, 5) is 13.8. The van der Waals surface area contributed by atoms with Gasteiger partial charge < -0.3 is 16.0 Å². The van der Waals surface area contributed by atoms with Crippen LogP contribution in [-0.2, 0) is 4.79 Å². The molecular weight excluding hydrogens is 214 g/mol. The molecule has 94 valence electrons. The summed E-state index contributed by atoms with van der Waals surface area (Å²) in [7, 11) is 4.02. The average molecular weight is 235 g/mol. The molecule has 4 nitrogen and oxygen atoms in total. The molecule has 1 aromatic carbocycles. The lowest BCUT2D eigenvalue weighted by atomic mass is 10.1. The van der Waals surface area contributed by atoms with Gasteiger partial charge in [-0.25, -0.2) is 0 Å². The Bertz CT molecular complexity index is 338. The molecule has 0 bridgehead atoms. The molecule has 0 radical (unpaired) electrons. The molecule has 0 aliphatic rings. The highest BCUT2D eigenvalue weighted by molar-refractivity contribution is 5.82. The quantitative estimate of drug-likeness (QED) is 0.716. The number of hydrogen-bond donors (Lipinski definition) is 2. The van der Waals surface area contributed by atoms with E-state index in [1.807, 2.05) is 44.4 Å². The van der Waals surface area contributed by atoms with Gasteiger partial charge in [-0.05, 0) is 32.6 Å². The van der Waals surface area contributed by atoms with Crippen molar-refractivity contribution >= 4 is 5.91 Å². The SMILES string of the molecule is CN(C)CCCNC(=O)C(N)c1ccccc1. The molecule has 17 heavy (non-hydrogen) atoms. The zero-order valence-corrected chi connectivity index (χ0v) is 10.5. The van der Waals surface area contributed by atoms with Gasteiger partial charge in [-0.15, -0.1) is 0 Å². The van der Waals surface area contributed by atoms with E-state index in [4.69, 9.17) is 5.73 Å². The van der Waals surface area contributed by atoms with E-state index < -0.39 is 6.04 Å². The lowest BCUT2D eigenvalue weighted by Crippen LogP contribution is -2.35. The van der Waals surface area contributed by atoms with Gasteiger partial charge in [0.1, 0.15) is 6.04 Å². The number of nitrogens with zero attached hydrogens (tertiary/aromatic N) is 1. The number of carbonyl (C=O) groups excluding carboxylic acids is 1. The first kappa shape index (κ1) is 13.7. The summed E-state index contributed by atoms with van der Waals surface area (Å²) in [5, 5.41) is 2.85. The molecule has 0 aliphatic heterocycles. The number of amides is 1. The van der Waals surface area contributed by atoms with Crippen molar-refractivity contribution in [3.8, 4) is 0 Å². The molecule has 0 aliphatic carbocycles. The Labute approximate surface area is 103 Å². The van der Waals surface area contributed by atoms with Crippen molar-refractivity contribution < 1.29 is 4.79 Å². The van der Waals surface area contributed by atoms with Crippen LogP contribution >= 0.6 is 0 Å². The van der Waals surface area contributed by atoms with Gasteiger partial charge in [0, 0.05) is 6.54 Å². The average Bonchev–Trinajstić information content (AvgIpc) is 2.34. The van der Waals surface area contributed by atoms with E-state index in [0.717, 1.165) is 18.5 Å². The molecule has 1 aromatic rings. The van der Waals surface area contributed by atoms with Crippen molar-refractivity contribution in [1.82, 2.24) is 10.2 Å². The Hall–Kier alpha value is -1.39. The summed E-state index contributed by atoms with van der Waals surface area (Å²) in [6.07, 6.45) is 0.931. The molecule has 0 spiro atoms. The van der Waals surface area contributed by atoms with Crippen LogP contribution in [0.25, 0.3) is 0 Å². The van der Waals surface area contributed by atoms with Crippen molar-refractivity contribution in [2.24, 2.45) is 5.73 Å². The van der Waals surface area contributed by atoms with Crippen LogP contribution in [0.5, 0.6) is 0 Å². The van der Waals surface area contributed by atoms with E-state index in [1.54, 1.807) is 0 Å². The first-order valence-corrected chi connectivity index (χ1v) is 5.84. The fourth-order valence-corrected chi connectivity index (χ4v) is 1.53. The van der Waals surface area contributed by atoms with Gasteiger partial charge in [-0.3, -0.25) is 4.79 Å².